The maximum absolute atomic E-state index is 12.6. The number of Topliss-reactive ketones (excluding diaryl/α,β-unsaturated/α-hetero) is 2. The molecule has 0 aliphatic carbocycles. The van der Waals surface area contributed by atoms with E-state index in [9.17, 15) is 27.6 Å². The molecule has 2 aromatic rings. The second-order valence-corrected chi connectivity index (χ2v) is 5.98. The van der Waals surface area contributed by atoms with Crippen LogP contribution in [0.5, 0.6) is 0 Å². The Hall–Kier alpha value is -3.10. The van der Waals surface area contributed by atoms with Gasteiger partial charge in [0.1, 0.15) is 0 Å². The first-order chi connectivity index (χ1) is 12.4. The number of carbonyl (C=O) groups is 3. The average Bonchev–Trinajstić information content (AvgIpc) is 2.86. The first-order valence-electron chi connectivity index (χ1n) is 7.80. The number of nitrogens with one attached hydrogen (secondary N) is 1. The molecule has 0 saturated carbocycles. The van der Waals surface area contributed by atoms with Gasteiger partial charge in [-0.3, -0.25) is 9.59 Å². The van der Waals surface area contributed by atoms with Gasteiger partial charge in [-0.25, -0.2) is 4.79 Å². The molecule has 1 aromatic heterocycles. The highest BCUT2D eigenvalue weighted by Crippen LogP contribution is 2.31. The van der Waals surface area contributed by atoms with E-state index in [0.717, 1.165) is 6.07 Å². The number of aromatic nitrogens is 1. The van der Waals surface area contributed by atoms with Crippen molar-refractivity contribution in [2.75, 3.05) is 12.3 Å². The van der Waals surface area contributed by atoms with E-state index < -0.39 is 35.8 Å². The van der Waals surface area contributed by atoms with Crippen LogP contribution in [-0.4, -0.2) is 29.1 Å². The van der Waals surface area contributed by atoms with E-state index in [2.05, 4.69) is 4.98 Å². The van der Waals surface area contributed by atoms with Crippen molar-refractivity contribution in [2.24, 2.45) is 0 Å². The van der Waals surface area contributed by atoms with Crippen molar-refractivity contribution in [3.63, 3.8) is 0 Å². The van der Waals surface area contributed by atoms with Gasteiger partial charge in [0, 0.05) is 16.9 Å². The van der Waals surface area contributed by atoms with Gasteiger partial charge in [0.05, 0.1) is 16.8 Å². The molecule has 1 aromatic carbocycles. The number of halogens is 3. The van der Waals surface area contributed by atoms with Crippen molar-refractivity contribution >= 4 is 23.2 Å². The number of carbonyl (C=O) groups excluding carboxylic acids is 3. The number of rotatable bonds is 5. The maximum Gasteiger partial charge on any atom is 0.416 e. The SMILES string of the molecule is CC(=O)c1c(C)[nH]c(C(=O)COC(=O)c2ccc(C(F)(F)F)cc2N)c1C. The topological polar surface area (TPSA) is 102 Å². The van der Waals surface area contributed by atoms with Gasteiger partial charge in [-0.15, -0.1) is 0 Å². The number of aryl methyl sites for hydroxylation is 1. The quantitative estimate of drug-likeness (QED) is 0.468. The molecular weight excluding hydrogens is 365 g/mol. The van der Waals surface area contributed by atoms with Crippen LogP contribution in [0.2, 0.25) is 0 Å². The summed E-state index contributed by atoms with van der Waals surface area (Å²) in [4.78, 5) is 38.7. The smallest absolute Gasteiger partial charge is 0.416 e. The molecule has 0 aliphatic heterocycles. The van der Waals surface area contributed by atoms with Crippen LogP contribution in [0.25, 0.3) is 0 Å². The van der Waals surface area contributed by atoms with Crippen molar-refractivity contribution < 1.29 is 32.3 Å². The number of benzene rings is 1. The van der Waals surface area contributed by atoms with Crippen LogP contribution in [0, 0.1) is 13.8 Å². The zero-order valence-corrected chi connectivity index (χ0v) is 14.8. The second-order valence-electron chi connectivity index (χ2n) is 5.98. The Morgan fingerprint density at radius 3 is 2.30 bits per heavy atom. The highest BCUT2D eigenvalue weighted by molar-refractivity contribution is 6.04. The van der Waals surface area contributed by atoms with Crippen molar-refractivity contribution in [1.82, 2.24) is 4.98 Å². The predicted octanol–water partition coefficient (Wildman–Crippen LogP) is 3.47. The largest absolute Gasteiger partial charge is 0.454 e. The number of hydrogen-bond acceptors (Lipinski definition) is 5. The minimum absolute atomic E-state index is 0.130. The molecule has 9 heteroatoms. The van der Waals surface area contributed by atoms with Crippen molar-refractivity contribution in [1.29, 1.82) is 0 Å². The normalized spacial score (nSPS) is 11.3. The average molecular weight is 382 g/mol. The Kier molecular flexibility index (Phi) is 5.43. The molecule has 144 valence electrons. The lowest BCUT2D eigenvalue weighted by molar-refractivity contribution is -0.137. The van der Waals surface area contributed by atoms with Crippen molar-refractivity contribution in [3.8, 4) is 0 Å². The van der Waals surface area contributed by atoms with Crippen LogP contribution in [0.3, 0.4) is 0 Å². The summed E-state index contributed by atoms with van der Waals surface area (Å²) in [6.07, 6.45) is -4.59. The first kappa shape index (κ1) is 20.2. The third kappa shape index (κ3) is 4.18. The number of nitrogens with two attached hydrogens (primary N) is 1. The zero-order valence-electron chi connectivity index (χ0n) is 14.8. The van der Waals surface area contributed by atoms with Gasteiger partial charge in [-0.1, -0.05) is 0 Å². The molecule has 0 fully saturated rings. The predicted molar refractivity (Wildman–Crippen MR) is 90.7 cm³/mol. The summed E-state index contributed by atoms with van der Waals surface area (Å²) in [6.45, 7) is 3.93. The van der Waals surface area contributed by atoms with Crippen LogP contribution >= 0.6 is 0 Å². The minimum Gasteiger partial charge on any atom is -0.454 e. The number of ketones is 2. The molecule has 3 N–H and O–H groups in total. The number of aromatic amines is 1. The molecule has 0 atom stereocenters. The zero-order chi connectivity index (χ0) is 20.5. The van der Waals surface area contributed by atoms with Gasteiger partial charge in [0.2, 0.25) is 5.78 Å². The first-order valence-corrected chi connectivity index (χ1v) is 7.80. The Balaban J connectivity index is 2.13. The highest BCUT2D eigenvalue weighted by atomic mass is 19.4. The van der Waals surface area contributed by atoms with Gasteiger partial charge in [0.25, 0.3) is 0 Å². The summed E-state index contributed by atoms with van der Waals surface area (Å²) in [5, 5.41) is 0. The number of alkyl halides is 3. The molecular formula is C18H17F3N2O4. The molecule has 0 amide bonds. The minimum atomic E-state index is -4.59. The standard InChI is InChI=1S/C18H17F3N2O4/c1-8-15(10(3)24)9(2)23-16(8)14(25)7-27-17(26)12-5-4-11(6-13(12)22)18(19,20)21/h4-6,23H,7,22H2,1-3H3. The molecule has 0 radical (unpaired) electrons. The Bertz CT molecular complexity index is 929. The lowest BCUT2D eigenvalue weighted by Gasteiger charge is -2.10. The van der Waals surface area contributed by atoms with E-state index >= 15 is 0 Å². The molecule has 0 bridgehead atoms. The van der Waals surface area contributed by atoms with Crippen LogP contribution in [-0.2, 0) is 10.9 Å². The van der Waals surface area contributed by atoms with E-state index in [-0.39, 0.29) is 17.0 Å². The number of ether oxygens (including phenoxy) is 1. The number of anilines is 1. The lowest BCUT2D eigenvalue weighted by Crippen LogP contribution is -2.17. The highest BCUT2D eigenvalue weighted by Gasteiger charge is 2.31. The molecule has 2 rings (SSSR count). The Morgan fingerprint density at radius 2 is 1.81 bits per heavy atom. The fraction of sp³-hybridized carbons (Fsp3) is 0.278. The number of esters is 1. The Morgan fingerprint density at radius 1 is 1.19 bits per heavy atom. The van der Waals surface area contributed by atoms with Gasteiger partial charge in [-0.2, -0.15) is 13.2 Å². The second kappa shape index (κ2) is 7.26. The molecule has 6 nitrogen and oxygen atoms in total. The molecule has 0 aliphatic rings. The van der Waals surface area contributed by atoms with E-state index in [1.165, 1.54) is 6.92 Å². The molecule has 0 spiro atoms. The lowest BCUT2D eigenvalue weighted by atomic mass is 10.1. The summed E-state index contributed by atoms with van der Waals surface area (Å²) < 4.78 is 42.7. The summed E-state index contributed by atoms with van der Waals surface area (Å²) in [7, 11) is 0. The van der Waals surface area contributed by atoms with Gasteiger partial charge in [0.15, 0.2) is 12.4 Å². The van der Waals surface area contributed by atoms with E-state index in [1.54, 1.807) is 13.8 Å². The molecule has 1 heterocycles. The third-order valence-corrected chi connectivity index (χ3v) is 4.00. The van der Waals surface area contributed by atoms with Crippen molar-refractivity contribution in [3.05, 3.63) is 51.8 Å². The van der Waals surface area contributed by atoms with E-state index in [1.807, 2.05) is 0 Å². The summed E-state index contributed by atoms with van der Waals surface area (Å²) in [6, 6.07) is 2.21. The van der Waals surface area contributed by atoms with E-state index in [0.29, 0.717) is 29.0 Å². The van der Waals surface area contributed by atoms with Crippen LogP contribution in [0.4, 0.5) is 18.9 Å². The van der Waals surface area contributed by atoms with Gasteiger partial charge < -0.3 is 15.5 Å². The molecule has 0 saturated heterocycles. The monoisotopic (exact) mass is 382 g/mol. The van der Waals surface area contributed by atoms with Crippen LogP contribution in [0.1, 0.15) is 54.9 Å². The number of H-pyrrole nitrogens is 1. The maximum atomic E-state index is 12.6. The number of nitrogen functional groups attached to an aromatic ring is 1. The summed E-state index contributed by atoms with van der Waals surface area (Å²) in [5.41, 5.74) is 5.27. The number of hydrogen-bond donors (Lipinski definition) is 2. The molecule has 0 unspecified atom stereocenters. The van der Waals surface area contributed by atoms with Gasteiger partial charge in [-0.05, 0) is 44.5 Å². The van der Waals surface area contributed by atoms with Crippen LogP contribution in [0.15, 0.2) is 18.2 Å². The van der Waals surface area contributed by atoms with Crippen molar-refractivity contribution in [2.45, 2.75) is 26.9 Å². The molecule has 27 heavy (non-hydrogen) atoms. The van der Waals surface area contributed by atoms with Gasteiger partial charge >= 0.3 is 12.1 Å². The fourth-order valence-corrected chi connectivity index (χ4v) is 2.76. The van der Waals surface area contributed by atoms with Crippen LogP contribution < -0.4 is 5.73 Å². The summed E-state index contributed by atoms with van der Waals surface area (Å²) in [5.74, 6) is -1.82. The third-order valence-electron chi connectivity index (χ3n) is 4.00. The fourth-order valence-electron chi connectivity index (χ4n) is 2.76. The summed E-state index contributed by atoms with van der Waals surface area (Å²) >= 11 is 0. The Labute approximate surface area is 152 Å². The van der Waals surface area contributed by atoms with E-state index in [4.69, 9.17) is 10.5 Å².